The maximum Gasteiger partial charge on any atom is 0.411 e. The largest absolute Gasteiger partial charge is 0.506 e. The Hall–Kier alpha value is -6.56. The number of piperidine rings is 1. The van der Waals surface area contributed by atoms with Crippen LogP contribution in [0.1, 0.15) is 90.9 Å². The number of aryl methyl sites for hydroxylation is 1. The number of Topliss-reactive ketones (excluding diaryl/α,β-unsaturated/α-hetero) is 1. The first-order valence-corrected chi connectivity index (χ1v) is 21.9. The van der Waals surface area contributed by atoms with Crippen molar-refractivity contribution in [2.75, 3.05) is 36.9 Å². The second-order valence-corrected chi connectivity index (χ2v) is 16.5. The summed E-state index contributed by atoms with van der Waals surface area (Å²) in [6.07, 6.45) is 3.42. The van der Waals surface area contributed by atoms with Crippen LogP contribution in [-0.4, -0.2) is 70.7 Å². The van der Waals surface area contributed by atoms with Crippen molar-refractivity contribution in [2.45, 2.75) is 76.4 Å². The van der Waals surface area contributed by atoms with Crippen molar-refractivity contribution < 1.29 is 29.3 Å². The Morgan fingerprint density at radius 2 is 1.60 bits per heavy atom. The van der Waals surface area contributed by atoms with Gasteiger partial charge in [-0.25, -0.2) is 4.79 Å². The number of H-pyrrole nitrogens is 1. The van der Waals surface area contributed by atoms with Gasteiger partial charge in [-0.15, -0.1) is 0 Å². The second kappa shape index (κ2) is 21.0. The number of anilines is 2. The highest BCUT2D eigenvalue weighted by Crippen LogP contribution is 2.33. The minimum absolute atomic E-state index is 0.0128. The number of nitrogens with one attached hydrogen (secondary N) is 2. The van der Waals surface area contributed by atoms with Crippen molar-refractivity contribution in [1.82, 2.24) is 9.88 Å². The molecule has 5 aromatic carbocycles. The van der Waals surface area contributed by atoms with Gasteiger partial charge in [-0.1, -0.05) is 85.8 Å². The van der Waals surface area contributed by atoms with E-state index in [9.17, 15) is 29.4 Å². The predicted octanol–water partition coefficient (Wildman–Crippen LogP) is 9.79. The summed E-state index contributed by atoms with van der Waals surface area (Å²) in [5.41, 5.74) is 6.98. The lowest BCUT2D eigenvalue weighted by Gasteiger charge is -2.31. The van der Waals surface area contributed by atoms with Crippen LogP contribution >= 0.6 is 0 Å². The molecule has 11 heteroatoms. The summed E-state index contributed by atoms with van der Waals surface area (Å²) in [5.74, 6) is 0.195. The summed E-state index contributed by atoms with van der Waals surface area (Å²) >= 11 is 0. The van der Waals surface area contributed by atoms with E-state index in [1.54, 1.807) is 36.2 Å². The van der Waals surface area contributed by atoms with Gasteiger partial charge in [0.15, 0.2) is 5.78 Å². The maximum atomic E-state index is 13.2. The van der Waals surface area contributed by atoms with E-state index in [2.05, 4.69) is 40.3 Å². The lowest BCUT2D eigenvalue weighted by Crippen LogP contribution is -2.40. The number of fused-ring (bicyclic) bond motifs is 1. The number of nitrogens with zero attached hydrogens (tertiary/aromatic N) is 2. The predicted molar refractivity (Wildman–Crippen MR) is 248 cm³/mol. The Balaban J connectivity index is 0.803. The third-order valence-electron chi connectivity index (χ3n) is 12.2. The van der Waals surface area contributed by atoms with Crippen LogP contribution in [-0.2, 0) is 16.0 Å². The molecule has 2 atom stereocenters. The molecule has 1 aromatic heterocycles. The quantitative estimate of drug-likeness (QED) is 0.0663. The Morgan fingerprint density at radius 3 is 2.38 bits per heavy atom. The fourth-order valence-corrected chi connectivity index (χ4v) is 8.37. The molecule has 0 radical (unpaired) electrons. The molecule has 4 N–H and O–H groups in total. The van der Waals surface area contributed by atoms with Gasteiger partial charge >= 0.3 is 6.09 Å². The zero-order chi connectivity index (χ0) is 44.3. The fourth-order valence-electron chi connectivity index (χ4n) is 8.37. The van der Waals surface area contributed by atoms with E-state index in [4.69, 9.17) is 4.74 Å². The van der Waals surface area contributed by atoms with Crippen LogP contribution in [0.15, 0.2) is 132 Å². The van der Waals surface area contributed by atoms with Gasteiger partial charge in [0.05, 0.1) is 17.3 Å². The summed E-state index contributed by atoms with van der Waals surface area (Å²) in [5, 5.41) is 24.8. The van der Waals surface area contributed by atoms with Crippen LogP contribution in [0.5, 0.6) is 5.75 Å². The summed E-state index contributed by atoms with van der Waals surface area (Å²) in [7, 11) is 1.76. The number of hydrogen-bond donors (Lipinski definition) is 4. The Bertz CT molecular complexity index is 2570. The van der Waals surface area contributed by atoms with Crippen molar-refractivity contribution in [2.24, 2.45) is 0 Å². The molecule has 11 nitrogen and oxygen atoms in total. The molecule has 1 aliphatic rings. The fraction of sp³-hybridized carbons (Fsp3) is 0.308. The number of carbonyl (C=O) groups is 3. The summed E-state index contributed by atoms with van der Waals surface area (Å²) in [4.78, 5) is 57.4. The van der Waals surface area contributed by atoms with Crippen LogP contribution in [0.4, 0.5) is 16.2 Å². The second-order valence-electron chi connectivity index (χ2n) is 16.5. The van der Waals surface area contributed by atoms with Gasteiger partial charge in [0, 0.05) is 67.8 Å². The Morgan fingerprint density at radius 1 is 0.857 bits per heavy atom. The number of pyridine rings is 1. The molecule has 2 amide bonds. The monoisotopic (exact) mass is 848 g/mol. The number of aromatic nitrogens is 1. The topological polar surface area (TPSA) is 152 Å². The van der Waals surface area contributed by atoms with Crippen molar-refractivity contribution in [3.8, 4) is 16.9 Å². The smallest absolute Gasteiger partial charge is 0.411 e. The lowest BCUT2D eigenvalue weighted by atomic mass is 9.90. The number of rotatable bonds is 17. The standard InChI is InChI=1S/C52H56N4O7/c1-35(18-25-47(58)43-23-26-48(59)51-44(43)24-27-49(60)54-51)39-14-8-10-36(34-39)11-9-17-46(57)38-19-21-40(22-20-38)55(2)50(61)30-33-56-31-28-41(29-32-56)63-52(62)53-45-16-7-6-15-42(45)37-12-4-3-5-13-37/h3-8,10,12-16,19-24,26-27,34-35,41,47,58-59H,9,11,17-18,25,28-33H2,1-2H3,(H,53,62)(H,54,60)/t35-,47-/m0/s1. The number of hydrogen-bond acceptors (Lipinski definition) is 8. The Labute approximate surface area is 368 Å². The lowest BCUT2D eigenvalue weighted by molar-refractivity contribution is -0.118. The number of ether oxygens (including phenoxy) is 1. The van der Waals surface area contributed by atoms with E-state index in [0.717, 1.165) is 53.9 Å². The number of phenolic OH excluding ortho intramolecular Hbond substituents is 1. The van der Waals surface area contributed by atoms with Crippen molar-refractivity contribution >= 4 is 40.1 Å². The minimum atomic E-state index is -0.758. The number of para-hydroxylation sites is 1. The first-order valence-electron chi connectivity index (χ1n) is 21.9. The van der Waals surface area contributed by atoms with Crippen LogP contribution < -0.4 is 15.8 Å². The highest BCUT2D eigenvalue weighted by Gasteiger charge is 2.24. The average Bonchev–Trinajstić information content (AvgIpc) is 3.31. The number of aliphatic hydroxyl groups excluding tert-OH is 1. The molecule has 63 heavy (non-hydrogen) atoms. The molecule has 2 heterocycles. The van der Waals surface area contributed by atoms with E-state index in [1.807, 2.05) is 72.8 Å². The van der Waals surface area contributed by atoms with Gasteiger partial charge in [0.2, 0.25) is 11.5 Å². The molecule has 6 aromatic rings. The maximum absolute atomic E-state index is 13.2. The molecule has 1 fully saturated rings. The molecule has 0 spiro atoms. The van der Waals surface area contributed by atoms with Gasteiger partial charge < -0.3 is 29.7 Å². The number of ketones is 1. The summed E-state index contributed by atoms with van der Waals surface area (Å²) < 4.78 is 5.78. The van der Waals surface area contributed by atoms with Gasteiger partial charge in [-0.2, -0.15) is 0 Å². The first-order chi connectivity index (χ1) is 30.5. The zero-order valence-corrected chi connectivity index (χ0v) is 36.0. The highest BCUT2D eigenvalue weighted by molar-refractivity contribution is 5.98. The average molecular weight is 849 g/mol. The van der Waals surface area contributed by atoms with Gasteiger partial charge in [0.1, 0.15) is 11.9 Å². The van der Waals surface area contributed by atoms with Crippen LogP contribution in [0.3, 0.4) is 0 Å². The van der Waals surface area contributed by atoms with E-state index < -0.39 is 12.2 Å². The first kappa shape index (κ1) is 44.5. The molecule has 1 saturated heterocycles. The van der Waals surface area contributed by atoms with Crippen molar-refractivity contribution in [3.05, 3.63) is 160 Å². The number of aromatic amines is 1. The SMILES string of the molecule is C[C@@H](CC[C@H](O)c1ccc(O)c2[nH]c(=O)ccc12)c1cccc(CCCC(=O)c2ccc(N(C)C(=O)CCN3CCC(OC(=O)Nc4ccccc4-c4ccccc4)CC3)cc2)c1. The van der Waals surface area contributed by atoms with Crippen LogP contribution in [0, 0.1) is 0 Å². The van der Waals surface area contributed by atoms with E-state index >= 15 is 0 Å². The number of benzene rings is 5. The van der Waals surface area contributed by atoms with Gasteiger partial charge in [-0.05, 0) is 109 Å². The third kappa shape index (κ3) is 11.7. The van der Waals surface area contributed by atoms with Crippen molar-refractivity contribution in [1.29, 1.82) is 0 Å². The van der Waals surface area contributed by atoms with E-state index in [1.165, 1.54) is 12.1 Å². The minimum Gasteiger partial charge on any atom is -0.506 e. The van der Waals surface area contributed by atoms with Gasteiger partial charge in [0.25, 0.3) is 0 Å². The number of aliphatic hydroxyl groups is 1. The Kier molecular flexibility index (Phi) is 14.8. The summed E-state index contributed by atoms with van der Waals surface area (Å²) in [6, 6.07) is 39.4. The zero-order valence-electron chi connectivity index (χ0n) is 36.0. The number of phenols is 1. The molecule has 326 valence electrons. The summed E-state index contributed by atoms with van der Waals surface area (Å²) in [6.45, 7) is 4.20. The third-order valence-corrected chi connectivity index (χ3v) is 12.2. The molecule has 0 unspecified atom stereocenters. The number of amides is 2. The molecule has 1 aliphatic heterocycles. The molecule has 7 rings (SSSR count). The normalized spacial score (nSPS) is 14.2. The molecular weight excluding hydrogens is 793 g/mol. The van der Waals surface area contributed by atoms with E-state index in [-0.39, 0.29) is 35.0 Å². The molecular formula is C52H56N4O7. The number of carbonyl (C=O) groups excluding carboxylic acids is 3. The van der Waals surface area contributed by atoms with Crippen molar-refractivity contribution in [3.63, 3.8) is 0 Å². The molecule has 0 bridgehead atoms. The number of likely N-dealkylation sites (tertiary alicyclic amines) is 1. The molecule has 0 aliphatic carbocycles. The highest BCUT2D eigenvalue weighted by atomic mass is 16.6. The van der Waals surface area contributed by atoms with Crippen LogP contribution in [0.25, 0.3) is 22.0 Å². The molecule has 0 saturated carbocycles. The number of aromatic hydroxyl groups is 1. The van der Waals surface area contributed by atoms with Gasteiger partial charge in [-0.3, -0.25) is 19.7 Å². The van der Waals surface area contributed by atoms with E-state index in [0.29, 0.717) is 72.8 Å². The van der Waals surface area contributed by atoms with Crippen LogP contribution in [0.2, 0.25) is 0 Å².